The van der Waals surface area contributed by atoms with E-state index in [0.29, 0.717) is 22.6 Å². The lowest BCUT2D eigenvalue weighted by Gasteiger charge is -2.19. The Morgan fingerprint density at radius 3 is 2.42 bits per heavy atom. The number of nitrogens with two attached hydrogens (primary N) is 1. The number of esters is 1. The monoisotopic (exact) mass is 454 g/mol. The van der Waals surface area contributed by atoms with Crippen molar-refractivity contribution in [3.8, 4) is 11.5 Å². The third kappa shape index (κ3) is 5.84. The summed E-state index contributed by atoms with van der Waals surface area (Å²) in [5.41, 5.74) is 7.66. The third-order valence-corrected chi connectivity index (χ3v) is 4.99. The molecule has 0 aliphatic rings. The lowest BCUT2D eigenvalue weighted by molar-refractivity contribution is -0.146. The van der Waals surface area contributed by atoms with E-state index < -0.39 is 23.7 Å². The summed E-state index contributed by atoms with van der Waals surface area (Å²) in [4.78, 5) is 25.3. The number of rotatable bonds is 7. The maximum absolute atomic E-state index is 12.7. The van der Waals surface area contributed by atoms with Crippen molar-refractivity contribution in [2.75, 3.05) is 14.2 Å². The molecule has 3 rings (SSSR count). The average molecular weight is 455 g/mol. The van der Waals surface area contributed by atoms with Crippen LogP contribution >= 0.6 is 0 Å². The van der Waals surface area contributed by atoms with Crippen molar-refractivity contribution in [2.24, 2.45) is 5.73 Å². The van der Waals surface area contributed by atoms with Crippen molar-refractivity contribution >= 4 is 23.0 Å². The van der Waals surface area contributed by atoms with Gasteiger partial charge in [0.15, 0.2) is 0 Å². The average Bonchev–Trinajstić information content (AvgIpc) is 3.14. The Morgan fingerprint density at radius 1 is 1.03 bits per heavy atom. The lowest BCUT2D eigenvalue weighted by Crippen LogP contribution is -2.34. The minimum absolute atomic E-state index is 0.0133. The van der Waals surface area contributed by atoms with Crippen LogP contribution in [0.3, 0.4) is 0 Å². The van der Waals surface area contributed by atoms with Crippen LogP contribution in [-0.2, 0) is 27.3 Å². The second-order valence-corrected chi connectivity index (χ2v) is 8.62. The van der Waals surface area contributed by atoms with Crippen LogP contribution in [0.1, 0.15) is 31.9 Å². The normalized spacial score (nSPS) is 12.3. The molecule has 1 heterocycles. The number of hydrogen-bond acceptors (Lipinski definition) is 7. The number of methoxy groups -OCH3 is 2. The summed E-state index contributed by atoms with van der Waals surface area (Å²) in [6.45, 7) is 5.43. The molecule has 0 amide bonds. The first-order chi connectivity index (χ1) is 15.6. The maximum Gasteiger partial charge on any atom is 0.419 e. The van der Waals surface area contributed by atoms with Gasteiger partial charge in [-0.3, -0.25) is 9.36 Å². The van der Waals surface area contributed by atoms with Gasteiger partial charge in [0.25, 0.3) is 0 Å². The Bertz CT molecular complexity index is 1150. The molecule has 1 aromatic heterocycles. The van der Waals surface area contributed by atoms with E-state index in [4.69, 9.17) is 24.7 Å². The maximum atomic E-state index is 12.7. The zero-order valence-electron chi connectivity index (χ0n) is 19.6. The molecule has 1 unspecified atom stereocenters. The molecule has 0 saturated heterocycles. The van der Waals surface area contributed by atoms with Crippen molar-refractivity contribution < 1.29 is 28.5 Å². The number of ether oxygens (including phenoxy) is 4. The smallest absolute Gasteiger partial charge is 0.419 e. The van der Waals surface area contributed by atoms with Crippen LogP contribution in [0.25, 0.3) is 10.9 Å². The molecule has 0 fully saturated rings. The minimum Gasteiger partial charge on any atom is -0.497 e. The highest BCUT2D eigenvalue weighted by Gasteiger charge is 2.23. The summed E-state index contributed by atoms with van der Waals surface area (Å²) in [5, 5.41) is 0.823. The van der Waals surface area contributed by atoms with Gasteiger partial charge >= 0.3 is 12.1 Å². The summed E-state index contributed by atoms with van der Waals surface area (Å²) < 4.78 is 22.9. The van der Waals surface area contributed by atoms with Crippen LogP contribution in [-0.4, -0.2) is 42.5 Å². The van der Waals surface area contributed by atoms with Crippen molar-refractivity contribution in [2.45, 2.75) is 45.4 Å². The highest BCUT2D eigenvalue weighted by Crippen LogP contribution is 2.26. The molecular weight excluding hydrogens is 424 g/mol. The summed E-state index contributed by atoms with van der Waals surface area (Å²) >= 11 is 0. The van der Waals surface area contributed by atoms with Crippen LogP contribution in [0.15, 0.2) is 48.7 Å². The van der Waals surface area contributed by atoms with Gasteiger partial charge in [-0.15, -0.1) is 0 Å². The number of nitrogens with zero attached hydrogens (tertiary/aromatic N) is 1. The van der Waals surface area contributed by atoms with Crippen LogP contribution in [0.2, 0.25) is 0 Å². The largest absolute Gasteiger partial charge is 0.497 e. The summed E-state index contributed by atoms with van der Waals surface area (Å²) in [5.74, 6) is 0.637. The molecule has 8 heteroatoms. The van der Waals surface area contributed by atoms with Gasteiger partial charge in [0, 0.05) is 29.6 Å². The molecule has 2 aromatic carbocycles. The molecule has 0 bridgehead atoms. The molecule has 33 heavy (non-hydrogen) atoms. The van der Waals surface area contributed by atoms with Gasteiger partial charge in [-0.25, -0.2) is 4.79 Å². The second kappa shape index (κ2) is 9.95. The van der Waals surface area contributed by atoms with E-state index in [1.165, 1.54) is 11.7 Å². The molecule has 0 spiro atoms. The molecule has 8 nitrogen and oxygen atoms in total. The fraction of sp³-hybridized carbons (Fsp3) is 0.360. The SMILES string of the molecule is COc1ccc(COC(=O)C(N)Cc2cn(C(=O)OC(C)(C)C)c3ccccc23)c(OC)c1. The quantitative estimate of drug-likeness (QED) is 0.537. The van der Waals surface area contributed by atoms with Crippen molar-refractivity contribution in [3.05, 3.63) is 59.8 Å². The van der Waals surface area contributed by atoms with Crippen molar-refractivity contribution in [1.82, 2.24) is 4.57 Å². The Kier molecular flexibility index (Phi) is 7.28. The van der Waals surface area contributed by atoms with E-state index in [9.17, 15) is 9.59 Å². The highest BCUT2D eigenvalue weighted by molar-refractivity contribution is 5.92. The van der Waals surface area contributed by atoms with Gasteiger partial charge in [-0.1, -0.05) is 18.2 Å². The van der Waals surface area contributed by atoms with E-state index in [1.54, 1.807) is 52.3 Å². The van der Waals surface area contributed by atoms with Crippen LogP contribution < -0.4 is 15.2 Å². The topological polar surface area (TPSA) is 102 Å². The number of hydrogen-bond donors (Lipinski definition) is 1. The molecule has 1 atom stereocenters. The summed E-state index contributed by atoms with van der Waals surface area (Å²) in [6.07, 6.45) is 1.38. The number of carbonyl (C=O) groups excluding carboxylic acids is 2. The van der Waals surface area contributed by atoms with Gasteiger partial charge in [-0.05, 0) is 44.5 Å². The van der Waals surface area contributed by atoms with E-state index >= 15 is 0 Å². The molecule has 176 valence electrons. The van der Waals surface area contributed by atoms with Crippen molar-refractivity contribution in [3.63, 3.8) is 0 Å². The first-order valence-electron chi connectivity index (χ1n) is 10.6. The van der Waals surface area contributed by atoms with E-state index in [0.717, 1.165) is 10.9 Å². The number of carbonyl (C=O) groups is 2. The molecule has 0 aliphatic heterocycles. The number of para-hydroxylation sites is 1. The molecule has 3 aromatic rings. The van der Waals surface area contributed by atoms with Gasteiger partial charge in [0.05, 0.1) is 19.7 Å². The van der Waals surface area contributed by atoms with Gasteiger partial charge in [-0.2, -0.15) is 0 Å². The van der Waals surface area contributed by atoms with Crippen LogP contribution in [0.5, 0.6) is 11.5 Å². The predicted molar refractivity (Wildman–Crippen MR) is 125 cm³/mol. The molecule has 2 N–H and O–H groups in total. The minimum atomic E-state index is -0.910. The van der Waals surface area contributed by atoms with E-state index in [1.807, 2.05) is 24.3 Å². The molecular formula is C25H30N2O6. The molecule has 0 saturated carbocycles. The fourth-order valence-corrected chi connectivity index (χ4v) is 3.42. The highest BCUT2D eigenvalue weighted by atomic mass is 16.6. The molecule has 0 radical (unpaired) electrons. The van der Waals surface area contributed by atoms with E-state index in [-0.39, 0.29) is 13.0 Å². The molecule has 0 aliphatic carbocycles. The summed E-state index contributed by atoms with van der Waals surface area (Å²) in [7, 11) is 3.10. The summed E-state index contributed by atoms with van der Waals surface area (Å²) in [6, 6.07) is 11.7. The van der Waals surface area contributed by atoms with Crippen molar-refractivity contribution in [1.29, 1.82) is 0 Å². The first-order valence-corrected chi connectivity index (χ1v) is 10.6. The fourth-order valence-electron chi connectivity index (χ4n) is 3.42. The number of fused-ring (bicyclic) bond motifs is 1. The predicted octanol–water partition coefficient (Wildman–Crippen LogP) is 4.05. The van der Waals surface area contributed by atoms with Gasteiger partial charge < -0.3 is 24.7 Å². The van der Waals surface area contributed by atoms with Gasteiger partial charge in [0.1, 0.15) is 29.7 Å². The van der Waals surface area contributed by atoms with E-state index in [2.05, 4.69) is 0 Å². The second-order valence-electron chi connectivity index (χ2n) is 8.62. The van der Waals surface area contributed by atoms with Crippen LogP contribution in [0, 0.1) is 0 Å². The Morgan fingerprint density at radius 2 is 1.76 bits per heavy atom. The van der Waals surface area contributed by atoms with Gasteiger partial charge in [0.2, 0.25) is 0 Å². The standard InChI is InChI=1S/C25H30N2O6/c1-25(2,3)33-24(29)27-14-17(19-8-6-7-9-21(19)27)12-20(26)23(28)32-15-16-10-11-18(30-4)13-22(16)31-5/h6-11,13-14,20H,12,15,26H2,1-5H3. The zero-order chi connectivity index (χ0) is 24.2. The zero-order valence-corrected chi connectivity index (χ0v) is 19.6. The Hall–Kier alpha value is -3.52. The Balaban J connectivity index is 1.73. The third-order valence-electron chi connectivity index (χ3n) is 4.99. The first kappa shape index (κ1) is 24.1. The lowest BCUT2D eigenvalue weighted by atomic mass is 10.1. The number of aromatic nitrogens is 1. The Labute approximate surface area is 193 Å². The van der Waals surface area contributed by atoms with Crippen LogP contribution in [0.4, 0.5) is 4.79 Å². The number of benzene rings is 2.